The lowest BCUT2D eigenvalue weighted by molar-refractivity contribution is 0.194. The zero-order chi connectivity index (χ0) is 18.2. The minimum Gasteiger partial charge on any atom is -0.464 e. The van der Waals surface area contributed by atoms with Crippen LogP contribution in [0.15, 0.2) is 51.4 Å². The Morgan fingerprint density at radius 3 is 2.63 bits per heavy atom. The molecule has 2 fully saturated rings. The van der Waals surface area contributed by atoms with E-state index in [0.29, 0.717) is 30.8 Å². The lowest BCUT2D eigenvalue weighted by Crippen LogP contribution is -2.25. The van der Waals surface area contributed by atoms with Gasteiger partial charge in [-0.25, -0.2) is 0 Å². The van der Waals surface area contributed by atoms with Crippen molar-refractivity contribution in [2.75, 3.05) is 0 Å². The quantitative estimate of drug-likeness (QED) is 0.588. The summed E-state index contributed by atoms with van der Waals surface area (Å²) in [4.78, 5) is 7.00. The van der Waals surface area contributed by atoms with E-state index in [1.165, 1.54) is 24.8 Å². The van der Waals surface area contributed by atoms with Crippen molar-refractivity contribution < 1.29 is 8.94 Å². The van der Waals surface area contributed by atoms with Crippen LogP contribution in [-0.2, 0) is 19.5 Å². The van der Waals surface area contributed by atoms with Crippen molar-refractivity contribution in [3.63, 3.8) is 0 Å². The molecule has 140 valence electrons. The highest BCUT2D eigenvalue weighted by molar-refractivity contribution is 5.19. The Hall–Kier alpha value is -2.40. The van der Waals surface area contributed by atoms with Crippen LogP contribution in [0, 0.1) is 5.92 Å². The van der Waals surface area contributed by atoms with Gasteiger partial charge in [-0.2, -0.15) is 4.98 Å². The average molecular weight is 363 g/mol. The van der Waals surface area contributed by atoms with E-state index in [-0.39, 0.29) is 0 Å². The Kier molecular flexibility index (Phi) is 4.32. The van der Waals surface area contributed by atoms with Gasteiger partial charge in [0.25, 0.3) is 0 Å². The molecule has 2 unspecified atom stereocenters. The molecule has 2 atom stereocenters. The number of benzene rings is 1. The van der Waals surface area contributed by atoms with Gasteiger partial charge >= 0.3 is 0 Å². The second-order valence-corrected chi connectivity index (χ2v) is 8.03. The van der Waals surface area contributed by atoms with Gasteiger partial charge in [0.2, 0.25) is 5.89 Å². The molecule has 2 saturated carbocycles. The summed E-state index contributed by atoms with van der Waals surface area (Å²) in [5, 5.41) is 4.16. The summed E-state index contributed by atoms with van der Waals surface area (Å²) >= 11 is 0. The number of rotatable bonds is 8. The van der Waals surface area contributed by atoms with Crippen LogP contribution in [-0.4, -0.2) is 21.1 Å². The van der Waals surface area contributed by atoms with Crippen molar-refractivity contribution in [1.82, 2.24) is 15.0 Å². The van der Waals surface area contributed by atoms with Crippen molar-refractivity contribution in [3.8, 4) is 0 Å². The number of hydrogen-bond acceptors (Lipinski definition) is 5. The van der Waals surface area contributed by atoms with Crippen LogP contribution >= 0.6 is 0 Å². The summed E-state index contributed by atoms with van der Waals surface area (Å²) < 4.78 is 11.6. The Morgan fingerprint density at radius 2 is 1.89 bits per heavy atom. The Bertz CT molecular complexity index is 897. The summed E-state index contributed by atoms with van der Waals surface area (Å²) in [7, 11) is 0. The first kappa shape index (κ1) is 16.8. The standard InChI is InChI=1S/C22H25N3O2/c1-15-11-19(15)20-10-9-18(26-20)13-25(17-7-8-17)14-22-23-21(24-27-22)12-16-5-3-2-4-6-16/h2-6,9-10,15,17,19H,7-8,11-14H2,1H3. The zero-order valence-electron chi connectivity index (χ0n) is 15.7. The van der Waals surface area contributed by atoms with Crippen LogP contribution in [0.2, 0.25) is 0 Å². The summed E-state index contributed by atoms with van der Waals surface area (Å²) in [5.41, 5.74) is 1.20. The second-order valence-electron chi connectivity index (χ2n) is 8.03. The third kappa shape index (κ3) is 3.98. The van der Waals surface area contributed by atoms with Crippen molar-refractivity contribution >= 4 is 0 Å². The zero-order valence-corrected chi connectivity index (χ0v) is 15.7. The van der Waals surface area contributed by atoms with Crippen molar-refractivity contribution in [2.24, 2.45) is 5.92 Å². The third-order valence-corrected chi connectivity index (χ3v) is 5.63. The van der Waals surface area contributed by atoms with Crippen molar-refractivity contribution in [3.05, 3.63) is 71.3 Å². The summed E-state index contributed by atoms with van der Waals surface area (Å²) in [6.07, 6.45) is 4.43. The van der Waals surface area contributed by atoms with Crippen LogP contribution in [0.1, 0.15) is 60.9 Å². The number of hydrogen-bond donors (Lipinski definition) is 0. The summed E-state index contributed by atoms with van der Waals surface area (Å²) in [5.74, 6) is 5.02. The molecule has 3 aromatic rings. The molecule has 2 aliphatic rings. The van der Waals surface area contributed by atoms with E-state index in [1.54, 1.807) is 0 Å². The monoisotopic (exact) mass is 363 g/mol. The van der Waals surface area contributed by atoms with Gasteiger partial charge < -0.3 is 8.94 Å². The van der Waals surface area contributed by atoms with Crippen molar-refractivity contribution in [2.45, 2.75) is 57.7 Å². The molecule has 2 aromatic heterocycles. The van der Waals surface area contributed by atoms with Crippen LogP contribution < -0.4 is 0 Å². The maximum Gasteiger partial charge on any atom is 0.240 e. The molecule has 2 heterocycles. The van der Waals surface area contributed by atoms with E-state index < -0.39 is 0 Å². The molecule has 2 aliphatic carbocycles. The fraction of sp³-hybridized carbons (Fsp3) is 0.455. The molecule has 0 bridgehead atoms. The highest BCUT2D eigenvalue weighted by Crippen LogP contribution is 2.47. The number of nitrogens with zero attached hydrogens (tertiary/aromatic N) is 3. The van der Waals surface area contributed by atoms with E-state index in [4.69, 9.17) is 8.94 Å². The van der Waals surface area contributed by atoms with Gasteiger partial charge in [0, 0.05) is 18.4 Å². The summed E-state index contributed by atoms with van der Waals surface area (Å²) in [6.45, 7) is 3.77. The minimum absolute atomic E-state index is 0.600. The molecule has 0 N–H and O–H groups in total. The predicted octanol–water partition coefficient (Wildman–Crippen LogP) is 4.54. The topological polar surface area (TPSA) is 55.3 Å². The van der Waals surface area contributed by atoms with E-state index in [9.17, 15) is 0 Å². The maximum absolute atomic E-state index is 6.10. The molecule has 5 rings (SSSR count). The molecule has 0 aliphatic heterocycles. The van der Waals surface area contributed by atoms with Crippen LogP contribution in [0.5, 0.6) is 0 Å². The highest BCUT2D eigenvalue weighted by atomic mass is 16.5. The van der Waals surface area contributed by atoms with Gasteiger partial charge in [-0.15, -0.1) is 0 Å². The Morgan fingerprint density at radius 1 is 1.07 bits per heavy atom. The molecule has 0 saturated heterocycles. The second kappa shape index (κ2) is 6.97. The van der Waals surface area contributed by atoms with Crippen LogP contribution in [0.25, 0.3) is 0 Å². The number of furan rings is 1. The minimum atomic E-state index is 0.600. The highest BCUT2D eigenvalue weighted by Gasteiger charge is 2.37. The van der Waals surface area contributed by atoms with Gasteiger partial charge in [-0.1, -0.05) is 42.4 Å². The molecular weight excluding hydrogens is 338 g/mol. The molecule has 5 nitrogen and oxygen atoms in total. The van der Waals surface area contributed by atoms with E-state index >= 15 is 0 Å². The first-order chi connectivity index (χ1) is 13.2. The molecular formula is C22H25N3O2. The molecule has 0 amide bonds. The predicted molar refractivity (Wildman–Crippen MR) is 101 cm³/mol. The SMILES string of the molecule is CC1CC1c1ccc(CN(Cc2nc(Cc3ccccc3)no2)C2CC2)o1. The van der Waals surface area contributed by atoms with E-state index in [2.05, 4.69) is 46.2 Å². The molecule has 0 radical (unpaired) electrons. The summed E-state index contributed by atoms with van der Waals surface area (Å²) in [6, 6.07) is 15.1. The fourth-order valence-corrected chi connectivity index (χ4v) is 3.73. The van der Waals surface area contributed by atoms with E-state index in [0.717, 1.165) is 29.8 Å². The van der Waals surface area contributed by atoms with Crippen LogP contribution in [0.3, 0.4) is 0 Å². The Balaban J connectivity index is 1.23. The van der Waals surface area contributed by atoms with Gasteiger partial charge in [0.15, 0.2) is 5.82 Å². The maximum atomic E-state index is 6.10. The smallest absolute Gasteiger partial charge is 0.240 e. The van der Waals surface area contributed by atoms with Gasteiger partial charge in [0.1, 0.15) is 11.5 Å². The molecule has 5 heteroatoms. The van der Waals surface area contributed by atoms with Crippen molar-refractivity contribution in [1.29, 1.82) is 0 Å². The fourth-order valence-electron chi connectivity index (χ4n) is 3.73. The lowest BCUT2D eigenvalue weighted by atomic mass is 10.1. The van der Waals surface area contributed by atoms with Gasteiger partial charge in [0.05, 0.1) is 13.1 Å². The Labute approximate surface area is 159 Å². The normalized spacial score (nSPS) is 21.7. The van der Waals surface area contributed by atoms with Gasteiger partial charge in [-0.05, 0) is 42.9 Å². The lowest BCUT2D eigenvalue weighted by Gasteiger charge is -2.18. The van der Waals surface area contributed by atoms with Crippen LogP contribution in [0.4, 0.5) is 0 Å². The molecule has 27 heavy (non-hydrogen) atoms. The van der Waals surface area contributed by atoms with E-state index in [1.807, 2.05) is 18.2 Å². The largest absolute Gasteiger partial charge is 0.464 e. The molecule has 1 aromatic carbocycles. The van der Waals surface area contributed by atoms with Gasteiger partial charge in [-0.3, -0.25) is 4.90 Å². The average Bonchev–Trinajstić information content (AvgIpc) is 3.56. The molecule has 0 spiro atoms. The first-order valence-corrected chi connectivity index (χ1v) is 9.92. The third-order valence-electron chi connectivity index (χ3n) is 5.63. The number of aromatic nitrogens is 2. The first-order valence-electron chi connectivity index (χ1n) is 9.92.